The van der Waals surface area contributed by atoms with E-state index in [0.717, 1.165) is 12.8 Å². The second-order valence-electron chi connectivity index (χ2n) is 7.63. The molecule has 0 atom stereocenters. The molecule has 0 aromatic heterocycles. The van der Waals surface area contributed by atoms with Crippen LogP contribution in [-0.4, -0.2) is 5.97 Å². The van der Waals surface area contributed by atoms with Crippen molar-refractivity contribution in [2.75, 3.05) is 0 Å². The third-order valence-electron chi connectivity index (χ3n) is 5.15. The fraction of sp³-hybridized carbons (Fsp3) is 0.913. The van der Waals surface area contributed by atoms with Crippen molar-refractivity contribution in [1.29, 1.82) is 0 Å². The lowest BCUT2D eigenvalue weighted by Gasteiger charge is -2.04. The first kappa shape index (κ1) is 24.5. The summed E-state index contributed by atoms with van der Waals surface area (Å²) in [6.45, 7) is 2.29. The Bertz CT molecular complexity index is 263. The zero-order valence-electron chi connectivity index (χ0n) is 17.2. The third kappa shape index (κ3) is 21.4. The van der Waals surface area contributed by atoms with Crippen LogP contribution in [0.1, 0.15) is 135 Å². The van der Waals surface area contributed by atoms with Crippen LogP contribution in [0.3, 0.4) is 0 Å². The van der Waals surface area contributed by atoms with Gasteiger partial charge in [-0.2, -0.15) is 0 Å². The highest BCUT2D eigenvalue weighted by Crippen LogP contribution is 2.14. The van der Waals surface area contributed by atoms with Gasteiger partial charge >= 0.3 is 5.97 Å². The van der Waals surface area contributed by atoms with Gasteiger partial charge in [0, 0.05) is 6.42 Å². The Morgan fingerprint density at radius 2 is 0.840 bits per heavy atom. The van der Waals surface area contributed by atoms with Crippen molar-refractivity contribution in [3.8, 4) is 0 Å². The molecular weight excluding hydrogens is 308 g/mol. The van der Waals surface area contributed by atoms with Gasteiger partial charge in [0.25, 0.3) is 0 Å². The molecular formula is C23H45O2. The largest absolute Gasteiger partial charge is 0.462 e. The maximum Gasteiger partial charge on any atom is 0.305 e. The molecule has 1 radical (unpaired) electrons. The summed E-state index contributed by atoms with van der Waals surface area (Å²) in [4.78, 5) is 10.9. The van der Waals surface area contributed by atoms with Crippen LogP contribution in [0.2, 0.25) is 0 Å². The standard InChI is InChI=1S/C23H45O2/c1-3-4-5-6-7-8-9-10-11-12-13-14-15-16-17-18-19-20-21-22-23(24)25-2/h2-22H2,1H3. The number of unbranched alkanes of at least 4 members (excludes halogenated alkanes) is 18. The Kier molecular flexibility index (Phi) is 21.1. The molecule has 0 heterocycles. The molecule has 0 aromatic carbocycles. The summed E-state index contributed by atoms with van der Waals surface area (Å²) in [5.74, 6) is -0.174. The Morgan fingerprint density at radius 3 is 1.12 bits per heavy atom. The zero-order chi connectivity index (χ0) is 18.4. The minimum atomic E-state index is -0.174. The maximum absolute atomic E-state index is 10.9. The van der Waals surface area contributed by atoms with E-state index >= 15 is 0 Å². The number of esters is 1. The van der Waals surface area contributed by atoms with Crippen LogP contribution >= 0.6 is 0 Å². The van der Waals surface area contributed by atoms with E-state index < -0.39 is 0 Å². The second kappa shape index (κ2) is 21.5. The van der Waals surface area contributed by atoms with Crippen LogP contribution in [0.4, 0.5) is 0 Å². The second-order valence-corrected chi connectivity index (χ2v) is 7.63. The minimum absolute atomic E-state index is 0.174. The predicted octanol–water partition coefficient (Wildman–Crippen LogP) is 8.14. The molecule has 0 spiro atoms. The number of rotatable bonds is 20. The summed E-state index contributed by atoms with van der Waals surface area (Å²) in [7, 11) is 3.14. The fourth-order valence-electron chi connectivity index (χ4n) is 3.42. The molecule has 0 fully saturated rings. The van der Waals surface area contributed by atoms with Gasteiger partial charge in [0.1, 0.15) is 7.11 Å². The lowest BCUT2D eigenvalue weighted by molar-refractivity contribution is -0.138. The molecule has 0 rings (SSSR count). The molecule has 0 aromatic rings. The molecule has 2 heteroatoms. The van der Waals surface area contributed by atoms with Crippen molar-refractivity contribution < 1.29 is 9.53 Å². The quantitative estimate of drug-likeness (QED) is 0.163. The van der Waals surface area contributed by atoms with Gasteiger partial charge in [-0.25, -0.2) is 0 Å². The van der Waals surface area contributed by atoms with Crippen molar-refractivity contribution >= 4 is 5.97 Å². The molecule has 25 heavy (non-hydrogen) atoms. The SMILES string of the molecule is [CH2]OC(=O)CCCCCCCCCCCCCCCCCCCCC. The van der Waals surface area contributed by atoms with Gasteiger partial charge in [-0.05, 0) is 6.42 Å². The summed E-state index contributed by atoms with van der Waals surface area (Å²) in [5.41, 5.74) is 0. The highest BCUT2D eigenvalue weighted by atomic mass is 16.5. The number of carbonyl (C=O) groups excluding carboxylic acids is 1. The summed E-state index contributed by atoms with van der Waals surface area (Å²) >= 11 is 0. The molecule has 0 unspecified atom stereocenters. The zero-order valence-corrected chi connectivity index (χ0v) is 17.2. The van der Waals surface area contributed by atoms with Crippen LogP contribution in [0, 0.1) is 7.11 Å². The molecule has 0 N–H and O–H groups in total. The topological polar surface area (TPSA) is 26.3 Å². The summed E-state index contributed by atoms with van der Waals surface area (Å²) in [6, 6.07) is 0. The summed E-state index contributed by atoms with van der Waals surface area (Å²) < 4.78 is 4.40. The summed E-state index contributed by atoms with van der Waals surface area (Å²) in [6.07, 6.45) is 26.6. The molecule has 0 amide bonds. The van der Waals surface area contributed by atoms with E-state index in [4.69, 9.17) is 0 Å². The predicted molar refractivity (Wildman–Crippen MR) is 109 cm³/mol. The molecule has 2 nitrogen and oxygen atoms in total. The van der Waals surface area contributed by atoms with Crippen molar-refractivity contribution in [3.63, 3.8) is 0 Å². The first-order chi connectivity index (χ1) is 12.3. The molecule has 149 valence electrons. The van der Waals surface area contributed by atoms with E-state index in [1.165, 1.54) is 109 Å². The van der Waals surface area contributed by atoms with Crippen LogP contribution in [0.15, 0.2) is 0 Å². The van der Waals surface area contributed by atoms with E-state index in [2.05, 4.69) is 18.8 Å². The van der Waals surface area contributed by atoms with E-state index in [1.54, 1.807) is 0 Å². The number of hydrogen-bond acceptors (Lipinski definition) is 2. The van der Waals surface area contributed by atoms with Gasteiger partial charge in [-0.1, -0.05) is 122 Å². The minimum Gasteiger partial charge on any atom is -0.462 e. The average molecular weight is 354 g/mol. The normalized spacial score (nSPS) is 11.0. The lowest BCUT2D eigenvalue weighted by atomic mass is 10.0. The molecule has 0 saturated carbocycles. The Balaban J connectivity index is 2.99. The van der Waals surface area contributed by atoms with Gasteiger partial charge < -0.3 is 4.74 Å². The van der Waals surface area contributed by atoms with E-state index in [9.17, 15) is 4.79 Å². The van der Waals surface area contributed by atoms with Gasteiger partial charge in [0.05, 0.1) is 0 Å². The van der Waals surface area contributed by atoms with E-state index in [0.29, 0.717) is 6.42 Å². The maximum atomic E-state index is 10.9. The Morgan fingerprint density at radius 1 is 0.560 bits per heavy atom. The third-order valence-corrected chi connectivity index (χ3v) is 5.15. The summed E-state index contributed by atoms with van der Waals surface area (Å²) in [5, 5.41) is 0. The Labute approximate surface area is 158 Å². The fourth-order valence-corrected chi connectivity index (χ4v) is 3.42. The number of carbonyl (C=O) groups is 1. The van der Waals surface area contributed by atoms with Gasteiger partial charge in [0.2, 0.25) is 0 Å². The number of ether oxygens (including phenoxy) is 1. The van der Waals surface area contributed by atoms with Crippen molar-refractivity contribution in [1.82, 2.24) is 0 Å². The van der Waals surface area contributed by atoms with Gasteiger partial charge in [-0.3, -0.25) is 4.79 Å². The molecule has 0 aliphatic heterocycles. The molecule has 0 saturated heterocycles. The molecule has 0 aliphatic rings. The first-order valence-electron chi connectivity index (χ1n) is 11.3. The van der Waals surface area contributed by atoms with Crippen molar-refractivity contribution in [2.24, 2.45) is 0 Å². The molecule has 0 aliphatic carbocycles. The number of hydrogen-bond donors (Lipinski definition) is 0. The average Bonchev–Trinajstić information content (AvgIpc) is 2.63. The smallest absolute Gasteiger partial charge is 0.305 e. The van der Waals surface area contributed by atoms with E-state index in [-0.39, 0.29) is 5.97 Å². The highest BCUT2D eigenvalue weighted by Gasteiger charge is 1.99. The van der Waals surface area contributed by atoms with Crippen LogP contribution in [0.25, 0.3) is 0 Å². The van der Waals surface area contributed by atoms with Gasteiger partial charge in [0.15, 0.2) is 0 Å². The van der Waals surface area contributed by atoms with Crippen LogP contribution in [-0.2, 0) is 9.53 Å². The molecule has 0 bridgehead atoms. The Hall–Kier alpha value is -0.530. The van der Waals surface area contributed by atoms with Crippen LogP contribution < -0.4 is 0 Å². The lowest BCUT2D eigenvalue weighted by Crippen LogP contribution is -1.97. The first-order valence-corrected chi connectivity index (χ1v) is 11.3. The van der Waals surface area contributed by atoms with E-state index in [1.807, 2.05) is 0 Å². The highest BCUT2D eigenvalue weighted by molar-refractivity contribution is 5.69. The monoisotopic (exact) mass is 353 g/mol. The van der Waals surface area contributed by atoms with Crippen molar-refractivity contribution in [3.05, 3.63) is 7.11 Å². The van der Waals surface area contributed by atoms with Crippen molar-refractivity contribution in [2.45, 2.75) is 135 Å². The van der Waals surface area contributed by atoms with Crippen LogP contribution in [0.5, 0.6) is 0 Å². The van der Waals surface area contributed by atoms with Gasteiger partial charge in [-0.15, -0.1) is 0 Å².